The van der Waals surface area contributed by atoms with Gasteiger partial charge in [0.25, 0.3) is 0 Å². The summed E-state index contributed by atoms with van der Waals surface area (Å²) in [5.74, 6) is 0.850. The van der Waals surface area contributed by atoms with Crippen molar-refractivity contribution in [3.05, 3.63) is 138 Å². The van der Waals surface area contributed by atoms with E-state index in [0.29, 0.717) is 13.0 Å². The number of hydrogen-bond donors (Lipinski definition) is 2. The molecule has 4 atom stereocenters. The van der Waals surface area contributed by atoms with Gasteiger partial charge in [0.2, 0.25) is 11.8 Å². The van der Waals surface area contributed by atoms with Crippen molar-refractivity contribution in [1.82, 2.24) is 35.0 Å². The minimum Gasteiger partial charge on any atom is -0.347 e. The molecule has 10 heteroatoms. The lowest BCUT2D eigenvalue weighted by atomic mass is 9.98. The number of nitrogens with one attached hydrogen (secondary N) is 2. The van der Waals surface area contributed by atoms with Crippen molar-refractivity contribution in [2.45, 2.75) is 50.4 Å². The van der Waals surface area contributed by atoms with Crippen molar-refractivity contribution in [3.63, 3.8) is 0 Å². The number of aromatic amines is 1. The molecule has 2 amide bonds. The number of hydrogen-bond acceptors (Lipinski definition) is 7. The van der Waals surface area contributed by atoms with E-state index in [2.05, 4.69) is 40.6 Å². The Kier molecular flexibility index (Phi) is 10.9. The van der Waals surface area contributed by atoms with Crippen LogP contribution in [0.4, 0.5) is 0 Å². The number of H-pyrrole nitrogens is 1. The summed E-state index contributed by atoms with van der Waals surface area (Å²) in [6.45, 7) is 2.70. The van der Waals surface area contributed by atoms with Crippen LogP contribution in [0.2, 0.25) is 0 Å². The zero-order valence-electron chi connectivity index (χ0n) is 31.6. The van der Waals surface area contributed by atoms with E-state index in [1.165, 1.54) is 0 Å². The van der Waals surface area contributed by atoms with Gasteiger partial charge in [-0.05, 0) is 82.4 Å². The Morgan fingerprint density at radius 2 is 1.41 bits per heavy atom. The summed E-state index contributed by atoms with van der Waals surface area (Å²) in [5, 5.41) is 3.18. The molecule has 5 aromatic rings. The third-order valence-corrected chi connectivity index (χ3v) is 10.4. The molecule has 0 unspecified atom stereocenters. The molecule has 7 rings (SSSR count). The molecular formula is C44H48N8O2. The number of nitrogens with zero attached hydrogens (tertiary/aromatic N) is 6. The van der Waals surface area contributed by atoms with Gasteiger partial charge in [-0.25, -0.2) is 4.98 Å². The first kappa shape index (κ1) is 36.6. The summed E-state index contributed by atoms with van der Waals surface area (Å²) in [7, 11) is 7.74. The van der Waals surface area contributed by atoms with Crippen LogP contribution in [0.1, 0.15) is 66.8 Å². The minimum absolute atomic E-state index is 0.0459. The maximum Gasteiger partial charge on any atom is 0.245 e. The number of allylic oxidation sites excluding steroid dienone is 1. The first-order chi connectivity index (χ1) is 26.2. The number of aliphatic imine (C=N–C) groups is 1. The van der Waals surface area contributed by atoms with Gasteiger partial charge in [-0.2, -0.15) is 0 Å². The molecule has 54 heavy (non-hydrogen) atoms. The lowest BCUT2D eigenvalue weighted by molar-refractivity contribution is -0.137. The molecule has 276 valence electrons. The van der Waals surface area contributed by atoms with Crippen LogP contribution < -0.4 is 5.32 Å². The molecule has 0 aliphatic carbocycles. The number of benzene rings is 3. The van der Waals surface area contributed by atoms with E-state index in [0.717, 1.165) is 69.2 Å². The number of amides is 2. The van der Waals surface area contributed by atoms with Crippen molar-refractivity contribution < 1.29 is 9.59 Å². The Hall–Kier alpha value is -5.71. The summed E-state index contributed by atoms with van der Waals surface area (Å²) in [6, 6.07) is 31.2. The third kappa shape index (κ3) is 7.81. The molecule has 2 aromatic heterocycles. The van der Waals surface area contributed by atoms with Gasteiger partial charge in [0.15, 0.2) is 0 Å². The summed E-state index contributed by atoms with van der Waals surface area (Å²) >= 11 is 0. The van der Waals surface area contributed by atoms with Crippen molar-refractivity contribution in [2.75, 3.05) is 34.7 Å². The van der Waals surface area contributed by atoms with Gasteiger partial charge in [-0.15, -0.1) is 0 Å². The first-order valence-corrected chi connectivity index (χ1v) is 18.6. The van der Waals surface area contributed by atoms with Gasteiger partial charge in [-0.1, -0.05) is 84.9 Å². The zero-order valence-corrected chi connectivity index (χ0v) is 31.6. The van der Waals surface area contributed by atoms with Crippen molar-refractivity contribution in [1.29, 1.82) is 0 Å². The molecule has 2 N–H and O–H groups in total. The van der Waals surface area contributed by atoms with Crippen molar-refractivity contribution >= 4 is 23.1 Å². The van der Waals surface area contributed by atoms with Crippen LogP contribution >= 0.6 is 0 Å². The molecule has 4 heterocycles. The van der Waals surface area contributed by atoms with E-state index in [1.54, 1.807) is 0 Å². The zero-order chi connectivity index (χ0) is 37.8. The summed E-state index contributed by atoms with van der Waals surface area (Å²) in [5.41, 5.74) is 8.78. The molecule has 0 spiro atoms. The number of carbonyl (C=O) groups excluding carboxylic acids is 2. The van der Waals surface area contributed by atoms with E-state index < -0.39 is 0 Å². The average molecular weight is 721 g/mol. The van der Waals surface area contributed by atoms with Crippen LogP contribution in [-0.4, -0.2) is 88.0 Å². The molecule has 10 nitrogen and oxygen atoms in total. The number of carbonyl (C=O) groups is 2. The van der Waals surface area contributed by atoms with E-state index in [9.17, 15) is 9.59 Å². The number of likely N-dealkylation sites (tertiary alicyclic amines) is 1. The fourth-order valence-electron chi connectivity index (χ4n) is 7.58. The SMILES string of the molecule is C[C@H](NC(=O)[C@@H](c1ccccc1)N(C)C)C1=NC=C(c2ccc(-c3ccc(-c4cnc([C@@H]5CCCN5C(=O)[C@@H](c5ccccc5)N(C)C)[nH]4)cn3)cc2)C1. The smallest absolute Gasteiger partial charge is 0.245 e. The highest BCUT2D eigenvalue weighted by molar-refractivity contribution is 6.03. The van der Waals surface area contributed by atoms with E-state index in [1.807, 2.05) is 135 Å². The van der Waals surface area contributed by atoms with Crippen LogP contribution in [0.5, 0.6) is 0 Å². The normalized spacial score (nSPS) is 17.3. The van der Waals surface area contributed by atoms with Crippen LogP contribution in [0.25, 0.3) is 28.1 Å². The molecule has 1 fully saturated rings. The predicted molar refractivity (Wildman–Crippen MR) is 214 cm³/mol. The third-order valence-electron chi connectivity index (χ3n) is 10.4. The fourth-order valence-corrected chi connectivity index (χ4v) is 7.58. The Morgan fingerprint density at radius 3 is 2.04 bits per heavy atom. The highest BCUT2D eigenvalue weighted by Gasteiger charge is 2.37. The first-order valence-electron chi connectivity index (χ1n) is 18.6. The summed E-state index contributed by atoms with van der Waals surface area (Å²) < 4.78 is 0. The fraction of sp³-hybridized carbons (Fsp3) is 0.295. The predicted octanol–water partition coefficient (Wildman–Crippen LogP) is 7.10. The second-order valence-corrected chi connectivity index (χ2v) is 14.6. The Labute approximate surface area is 317 Å². The average Bonchev–Trinajstić information content (AvgIpc) is 3.98. The van der Waals surface area contributed by atoms with E-state index >= 15 is 0 Å². The summed E-state index contributed by atoms with van der Waals surface area (Å²) in [4.78, 5) is 50.8. The topological polar surface area (TPSA) is 110 Å². The molecule has 0 bridgehead atoms. The van der Waals surface area contributed by atoms with Gasteiger partial charge in [0, 0.05) is 42.2 Å². The van der Waals surface area contributed by atoms with Crippen molar-refractivity contribution in [3.8, 4) is 22.5 Å². The highest BCUT2D eigenvalue weighted by Crippen LogP contribution is 2.35. The standard InChI is InChI=1S/C44H48N8O2/c1-29(48-43(53)40(50(2)3)32-13-8-6-9-14-32)37-25-35(27-46-37)30-18-20-31(21-19-30)36-23-22-34(26-45-36)38-28-47-42(49-38)39-17-12-24-52(39)44(54)41(51(4)5)33-15-10-7-11-16-33/h6-11,13-16,18-23,26-29,39-41H,12,17,24-25H2,1-5H3,(H,47,49)(H,48,53)/t29-,39-,40+,41+/m0/s1. The van der Waals surface area contributed by atoms with Gasteiger partial charge < -0.3 is 15.2 Å². The Balaban J connectivity index is 0.963. The minimum atomic E-state index is -0.378. The van der Waals surface area contributed by atoms with Crippen LogP contribution in [0.15, 0.2) is 121 Å². The lowest BCUT2D eigenvalue weighted by Crippen LogP contribution is -2.44. The second-order valence-electron chi connectivity index (χ2n) is 14.6. The molecule has 1 saturated heterocycles. The van der Waals surface area contributed by atoms with Crippen LogP contribution in [-0.2, 0) is 9.59 Å². The Morgan fingerprint density at radius 1 is 0.778 bits per heavy atom. The maximum atomic E-state index is 13.9. The second kappa shape index (κ2) is 16.1. The van der Waals surface area contributed by atoms with E-state index in [-0.39, 0.29) is 36.0 Å². The molecular weight excluding hydrogens is 673 g/mol. The molecule has 3 aromatic carbocycles. The van der Waals surface area contributed by atoms with E-state index in [4.69, 9.17) is 15.0 Å². The number of pyridine rings is 1. The lowest BCUT2D eigenvalue weighted by Gasteiger charge is -2.31. The van der Waals surface area contributed by atoms with Gasteiger partial charge in [0.1, 0.15) is 17.9 Å². The number of imidazole rings is 1. The highest BCUT2D eigenvalue weighted by atomic mass is 16.2. The number of likely N-dealkylation sites (N-methyl/N-ethyl adjacent to an activating group) is 2. The maximum absolute atomic E-state index is 13.9. The largest absolute Gasteiger partial charge is 0.347 e. The number of aromatic nitrogens is 3. The molecule has 2 aliphatic rings. The summed E-state index contributed by atoms with van der Waals surface area (Å²) in [6.07, 6.45) is 8.09. The monoisotopic (exact) mass is 720 g/mol. The Bertz CT molecular complexity index is 2120. The molecule has 2 aliphatic heterocycles. The molecule has 0 saturated carbocycles. The quantitative estimate of drug-likeness (QED) is 0.142. The van der Waals surface area contributed by atoms with Gasteiger partial charge >= 0.3 is 0 Å². The van der Waals surface area contributed by atoms with Gasteiger partial charge in [-0.3, -0.25) is 29.4 Å². The van der Waals surface area contributed by atoms with Crippen molar-refractivity contribution in [2.24, 2.45) is 4.99 Å². The van der Waals surface area contributed by atoms with Gasteiger partial charge in [0.05, 0.1) is 29.7 Å². The number of rotatable bonds is 12. The van der Waals surface area contributed by atoms with Crippen LogP contribution in [0.3, 0.4) is 0 Å². The van der Waals surface area contributed by atoms with Crippen LogP contribution in [0, 0.1) is 0 Å². The molecule has 0 radical (unpaired) electrons.